The minimum absolute atomic E-state index is 0.355. The summed E-state index contributed by atoms with van der Waals surface area (Å²) in [4.78, 5) is 7.30. The number of rotatable bonds is 6. The van der Waals surface area contributed by atoms with Crippen molar-refractivity contribution in [3.8, 4) is 0 Å². The van der Waals surface area contributed by atoms with Gasteiger partial charge in [-0.25, -0.2) is 0 Å². The molecule has 1 rings (SSSR count). The lowest BCUT2D eigenvalue weighted by atomic mass is 10.2. The Kier molecular flexibility index (Phi) is 6.28. The maximum Gasteiger partial charge on any atom is 0.0165 e. The lowest BCUT2D eigenvalue weighted by Gasteiger charge is -2.36. The molecule has 0 spiro atoms. The molecule has 1 saturated heterocycles. The highest BCUT2D eigenvalue weighted by Crippen LogP contribution is 2.03. The van der Waals surface area contributed by atoms with Gasteiger partial charge in [-0.05, 0) is 20.5 Å². The zero-order valence-electron chi connectivity index (χ0n) is 11.2. The van der Waals surface area contributed by atoms with Crippen molar-refractivity contribution >= 4 is 0 Å². The van der Waals surface area contributed by atoms with Gasteiger partial charge < -0.3 is 10.6 Å². The van der Waals surface area contributed by atoms with E-state index in [1.807, 2.05) is 0 Å². The molecule has 1 fully saturated rings. The van der Waals surface area contributed by atoms with Crippen molar-refractivity contribution in [1.29, 1.82) is 0 Å². The van der Waals surface area contributed by atoms with Crippen LogP contribution in [0.5, 0.6) is 0 Å². The van der Waals surface area contributed by atoms with Crippen molar-refractivity contribution in [3.05, 3.63) is 0 Å². The molecule has 1 aliphatic rings. The first-order valence-corrected chi connectivity index (χ1v) is 6.46. The summed E-state index contributed by atoms with van der Waals surface area (Å²) in [6.07, 6.45) is 1.08. The molecule has 0 aromatic rings. The molecule has 1 heterocycles. The fourth-order valence-corrected chi connectivity index (χ4v) is 2.00. The van der Waals surface area contributed by atoms with Gasteiger partial charge in [0.25, 0.3) is 0 Å². The van der Waals surface area contributed by atoms with Crippen molar-refractivity contribution in [2.24, 2.45) is 5.73 Å². The van der Waals surface area contributed by atoms with Crippen molar-refractivity contribution in [1.82, 2.24) is 14.7 Å². The normalized spacial score (nSPS) is 21.6. The van der Waals surface area contributed by atoms with Gasteiger partial charge in [0.1, 0.15) is 0 Å². The van der Waals surface area contributed by atoms with Gasteiger partial charge in [-0.3, -0.25) is 9.80 Å². The van der Waals surface area contributed by atoms with E-state index in [0.717, 1.165) is 19.5 Å². The van der Waals surface area contributed by atoms with Crippen LogP contribution in [0, 0.1) is 0 Å². The third-order valence-electron chi connectivity index (χ3n) is 3.35. The van der Waals surface area contributed by atoms with Crippen molar-refractivity contribution < 1.29 is 0 Å². The second kappa shape index (κ2) is 7.22. The minimum atomic E-state index is 0.355. The molecule has 0 amide bonds. The molecule has 0 saturated carbocycles. The molecule has 0 aromatic carbocycles. The maximum atomic E-state index is 5.97. The summed E-state index contributed by atoms with van der Waals surface area (Å²) in [6.45, 7) is 10.3. The van der Waals surface area contributed by atoms with Gasteiger partial charge in [-0.2, -0.15) is 0 Å². The molecule has 1 aliphatic heterocycles. The minimum Gasteiger partial charge on any atom is -0.327 e. The van der Waals surface area contributed by atoms with E-state index in [1.54, 1.807) is 0 Å². The van der Waals surface area contributed by atoms with Gasteiger partial charge in [0.2, 0.25) is 0 Å². The third kappa shape index (κ3) is 5.25. The highest BCUT2D eigenvalue weighted by Gasteiger charge is 2.17. The van der Waals surface area contributed by atoms with E-state index in [0.29, 0.717) is 6.04 Å². The molecule has 0 aliphatic carbocycles. The number of likely N-dealkylation sites (N-methyl/N-ethyl adjacent to an activating group) is 1. The first-order chi connectivity index (χ1) is 7.61. The molecule has 0 radical (unpaired) electrons. The lowest BCUT2D eigenvalue weighted by Crippen LogP contribution is -2.50. The Hall–Kier alpha value is -0.160. The van der Waals surface area contributed by atoms with Crippen LogP contribution in [0.3, 0.4) is 0 Å². The van der Waals surface area contributed by atoms with E-state index in [4.69, 9.17) is 5.73 Å². The van der Waals surface area contributed by atoms with Gasteiger partial charge >= 0.3 is 0 Å². The molecule has 16 heavy (non-hydrogen) atoms. The lowest BCUT2D eigenvalue weighted by molar-refractivity contribution is 0.120. The summed E-state index contributed by atoms with van der Waals surface area (Å²) in [7, 11) is 4.27. The van der Waals surface area contributed by atoms with Crippen LogP contribution in [0.2, 0.25) is 0 Å². The third-order valence-corrected chi connectivity index (χ3v) is 3.35. The van der Waals surface area contributed by atoms with Crippen LogP contribution in [-0.4, -0.2) is 80.7 Å². The van der Waals surface area contributed by atoms with Gasteiger partial charge in [-0.1, -0.05) is 6.92 Å². The Bertz CT molecular complexity index is 176. The van der Waals surface area contributed by atoms with Crippen LogP contribution in [0.4, 0.5) is 0 Å². The second-order valence-corrected chi connectivity index (χ2v) is 5.11. The molecule has 0 aromatic heterocycles. The molecule has 96 valence electrons. The average Bonchev–Trinajstić information content (AvgIpc) is 2.28. The van der Waals surface area contributed by atoms with Crippen molar-refractivity contribution in [3.63, 3.8) is 0 Å². The Morgan fingerprint density at radius 3 is 2.19 bits per heavy atom. The van der Waals surface area contributed by atoms with E-state index in [9.17, 15) is 0 Å². The standard InChI is InChI=1S/C12H28N4/c1-4-12(13)11-16-9-7-15(8-10-16)6-5-14(2)3/h12H,4-11,13H2,1-3H3. The number of hydrogen-bond donors (Lipinski definition) is 1. The van der Waals surface area contributed by atoms with Crippen LogP contribution in [-0.2, 0) is 0 Å². The summed E-state index contributed by atoms with van der Waals surface area (Å²) in [5.41, 5.74) is 5.97. The number of nitrogens with two attached hydrogens (primary N) is 1. The summed E-state index contributed by atoms with van der Waals surface area (Å²) >= 11 is 0. The summed E-state index contributed by atoms with van der Waals surface area (Å²) in [5.74, 6) is 0. The van der Waals surface area contributed by atoms with Gasteiger partial charge in [0.05, 0.1) is 0 Å². The zero-order chi connectivity index (χ0) is 12.0. The Labute approximate surface area is 100 Å². The highest BCUT2D eigenvalue weighted by molar-refractivity contribution is 4.75. The summed E-state index contributed by atoms with van der Waals surface area (Å²) in [5, 5.41) is 0. The Balaban J connectivity index is 2.13. The van der Waals surface area contributed by atoms with Gasteiger partial charge in [0.15, 0.2) is 0 Å². The first-order valence-electron chi connectivity index (χ1n) is 6.46. The van der Waals surface area contributed by atoms with Crippen LogP contribution in [0.15, 0.2) is 0 Å². The molecular formula is C12H28N4. The molecule has 2 N–H and O–H groups in total. The predicted molar refractivity (Wildman–Crippen MR) is 69.7 cm³/mol. The summed E-state index contributed by atoms with van der Waals surface area (Å²) < 4.78 is 0. The van der Waals surface area contributed by atoms with Crippen molar-refractivity contribution in [2.75, 3.05) is 59.9 Å². The molecule has 1 atom stereocenters. The van der Waals surface area contributed by atoms with Crippen LogP contribution >= 0.6 is 0 Å². The largest absolute Gasteiger partial charge is 0.327 e. The number of nitrogens with zero attached hydrogens (tertiary/aromatic N) is 3. The molecular weight excluding hydrogens is 200 g/mol. The van der Waals surface area contributed by atoms with E-state index >= 15 is 0 Å². The van der Waals surface area contributed by atoms with E-state index in [-0.39, 0.29) is 0 Å². The fraction of sp³-hybridized carbons (Fsp3) is 1.00. The monoisotopic (exact) mass is 228 g/mol. The van der Waals surface area contributed by atoms with Gasteiger partial charge in [-0.15, -0.1) is 0 Å². The van der Waals surface area contributed by atoms with Crippen LogP contribution in [0.1, 0.15) is 13.3 Å². The van der Waals surface area contributed by atoms with Crippen LogP contribution < -0.4 is 5.73 Å². The van der Waals surface area contributed by atoms with Crippen LogP contribution in [0.25, 0.3) is 0 Å². The maximum absolute atomic E-state index is 5.97. The number of piperazine rings is 1. The average molecular weight is 228 g/mol. The zero-order valence-corrected chi connectivity index (χ0v) is 11.2. The van der Waals surface area contributed by atoms with E-state index in [1.165, 1.54) is 32.7 Å². The fourth-order valence-electron chi connectivity index (χ4n) is 2.00. The second-order valence-electron chi connectivity index (χ2n) is 5.11. The molecule has 0 bridgehead atoms. The van der Waals surface area contributed by atoms with E-state index in [2.05, 4.69) is 35.7 Å². The topological polar surface area (TPSA) is 35.7 Å². The number of hydrogen-bond acceptors (Lipinski definition) is 4. The predicted octanol–water partition coefficient (Wildman–Crippen LogP) is -0.0971. The Morgan fingerprint density at radius 1 is 1.12 bits per heavy atom. The molecule has 1 unspecified atom stereocenters. The smallest absolute Gasteiger partial charge is 0.0165 e. The Morgan fingerprint density at radius 2 is 1.69 bits per heavy atom. The van der Waals surface area contributed by atoms with Gasteiger partial charge in [0, 0.05) is 51.9 Å². The summed E-state index contributed by atoms with van der Waals surface area (Å²) in [6, 6.07) is 0.355. The van der Waals surface area contributed by atoms with E-state index < -0.39 is 0 Å². The molecule has 4 nitrogen and oxygen atoms in total. The highest BCUT2D eigenvalue weighted by atomic mass is 15.3. The SMILES string of the molecule is CCC(N)CN1CCN(CCN(C)C)CC1. The van der Waals surface area contributed by atoms with Crippen molar-refractivity contribution in [2.45, 2.75) is 19.4 Å². The molecule has 4 heteroatoms. The quantitative estimate of drug-likeness (QED) is 0.689. The first kappa shape index (κ1) is 13.9.